The number of likely N-dealkylation sites (tertiary alicyclic amines) is 1. The second-order valence-corrected chi connectivity index (χ2v) is 8.75. The fourth-order valence-corrected chi connectivity index (χ4v) is 5.17. The van der Waals surface area contributed by atoms with E-state index >= 15 is 0 Å². The van der Waals surface area contributed by atoms with Crippen LogP contribution in [-0.2, 0) is 11.0 Å². The van der Waals surface area contributed by atoms with E-state index in [1.54, 1.807) is 4.90 Å². The molecule has 0 radical (unpaired) electrons. The molecule has 1 aromatic rings. The van der Waals surface area contributed by atoms with Crippen LogP contribution in [0, 0.1) is 5.41 Å². The van der Waals surface area contributed by atoms with E-state index in [0.29, 0.717) is 38.7 Å². The maximum Gasteiger partial charge on any atom is 0.420 e. The largest absolute Gasteiger partial charge is 0.420 e. The molecular weight excluding hydrogens is 409 g/mol. The summed E-state index contributed by atoms with van der Waals surface area (Å²) in [5, 5.41) is 9.10. The van der Waals surface area contributed by atoms with Crippen molar-refractivity contribution in [2.75, 3.05) is 24.5 Å². The lowest BCUT2D eigenvalue weighted by atomic mass is 9.78. The van der Waals surface area contributed by atoms with Crippen molar-refractivity contribution in [2.24, 2.45) is 5.41 Å². The molecule has 1 spiro atoms. The minimum atomic E-state index is -4.60. The molecule has 6 nitrogen and oxygen atoms in total. The van der Waals surface area contributed by atoms with Crippen LogP contribution in [0.3, 0.4) is 0 Å². The van der Waals surface area contributed by atoms with Gasteiger partial charge in [0.25, 0.3) is 0 Å². The van der Waals surface area contributed by atoms with Crippen molar-refractivity contribution >= 4 is 23.5 Å². The molecule has 2 aliphatic heterocycles. The average molecular weight is 433 g/mol. The van der Waals surface area contributed by atoms with Crippen molar-refractivity contribution in [1.29, 1.82) is 0 Å². The molecule has 29 heavy (non-hydrogen) atoms. The number of aliphatic hydroxyl groups excluding tert-OH is 1. The van der Waals surface area contributed by atoms with Gasteiger partial charge < -0.3 is 14.9 Å². The molecule has 1 aliphatic carbocycles. The maximum atomic E-state index is 13.3. The SMILES string of the molecule is O=C1N([C@H]2CC[C@H](O)CC2)CCC12CCCN(c1ncc(C(F)(F)F)c(Cl)n1)C2. The highest BCUT2D eigenvalue weighted by Crippen LogP contribution is 2.43. The van der Waals surface area contributed by atoms with Gasteiger partial charge in [0.15, 0.2) is 0 Å². The summed E-state index contributed by atoms with van der Waals surface area (Å²) in [4.78, 5) is 24.8. The van der Waals surface area contributed by atoms with Gasteiger partial charge in [0.05, 0.1) is 11.5 Å². The molecule has 1 amide bonds. The van der Waals surface area contributed by atoms with E-state index in [1.807, 2.05) is 4.90 Å². The third kappa shape index (κ3) is 3.91. The number of aliphatic hydroxyl groups is 1. The van der Waals surface area contributed by atoms with Gasteiger partial charge in [-0.25, -0.2) is 9.97 Å². The van der Waals surface area contributed by atoms with Crippen LogP contribution in [0.25, 0.3) is 0 Å². The Bertz CT molecular complexity index is 785. The van der Waals surface area contributed by atoms with Gasteiger partial charge in [-0.2, -0.15) is 13.2 Å². The predicted molar refractivity (Wildman–Crippen MR) is 101 cm³/mol. The predicted octanol–water partition coefficient (Wildman–Crippen LogP) is 3.27. The number of hydrogen-bond donors (Lipinski definition) is 1. The topological polar surface area (TPSA) is 69.6 Å². The quantitative estimate of drug-likeness (QED) is 0.726. The van der Waals surface area contributed by atoms with Crippen molar-refractivity contribution in [2.45, 2.75) is 63.3 Å². The molecule has 3 fully saturated rings. The lowest BCUT2D eigenvalue weighted by Gasteiger charge is -2.40. The van der Waals surface area contributed by atoms with Crippen LogP contribution < -0.4 is 4.90 Å². The van der Waals surface area contributed by atoms with Gasteiger partial charge in [-0.15, -0.1) is 0 Å². The monoisotopic (exact) mass is 432 g/mol. The summed E-state index contributed by atoms with van der Waals surface area (Å²) in [5.41, 5.74) is -1.61. The molecule has 160 valence electrons. The summed E-state index contributed by atoms with van der Waals surface area (Å²) < 4.78 is 38.7. The summed E-state index contributed by atoms with van der Waals surface area (Å²) >= 11 is 5.76. The molecule has 1 N–H and O–H groups in total. The number of anilines is 1. The highest BCUT2D eigenvalue weighted by atomic mass is 35.5. The van der Waals surface area contributed by atoms with E-state index in [1.165, 1.54) is 0 Å². The second kappa shape index (κ2) is 7.58. The lowest BCUT2D eigenvalue weighted by Crippen LogP contribution is -2.50. The number of alkyl halides is 3. The first kappa shape index (κ1) is 20.7. The molecule has 10 heteroatoms. The normalized spacial score (nSPS) is 31.0. The number of carbonyl (C=O) groups excluding carboxylic acids is 1. The summed E-state index contributed by atoms with van der Waals surface area (Å²) in [7, 11) is 0. The van der Waals surface area contributed by atoms with Crippen LogP contribution in [-0.4, -0.2) is 57.7 Å². The highest BCUT2D eigenvalue weighted by Gasteiger charge is 2.51. The highest BCUT2D eigenvalue weighted by molar-refractivity contribution is 6.30. The Morgan fingerprint density at radius 2 is 1.90 bits per heavy atom. The lowest BCUT2D eigenvalue weighted by molar-refractivity contribution is -0.139. The van der Waals surface area contributed by atoms with Crippen LogP contribution in [0.1, 0.15) is 50.5 Å². The van der Waals surface area contributed by atoms with Gasteiger partial charge in [-0.05, 0) is 44.9 Å². The van der Waals surface area contributed by atoms with Crippen LogP contribution in [0.4, 0.5) is 19.1 Å². The van der Waals surface area contributed by atoms with E-state index in [0.717, 1.165) is 32.1 Å². The van der Waals surface area contributed by atoms with Gasteiger partial charge in [0.2, 0.25) is 11.9 Å². The average Bonchev–Trinajstić information content (AvgIpc) is 2.97. The molecule has 1 saturated carbocycles. The fraction of sp³-hybridized carbons (Fsp3) is 0.737. The third-order valence-electron chi connectivity index (χ3n) is 6.55. The first-order chi connectivity index (χ1) is 13.7. The number of rotatable bonds is 2. The Kier molecular flexibility index (Phi) is 5.40. The zero-order valence-corrected chi connectivity index (χ0v) is 16.7. The number of halogens is 4. The van der Waals surface area contributed by atoms with Crippen LogP contribution in [0.15, 0.2) is 6.20 Å². The van der Waals surface area contributed by atoms with E-state index in [9.17, 15) is 23.1 Å². The van der Waals surface area contributed by atoms with E-state index in [2.05, 4.69) is 9.97 Å². The Hall–Kier alpha value is -1.61. The Morgan fingerprint density at radius 3 is 2.55 bits per heavy atom. The molecular formula is C19H24ClF3N4O2. The Morgan fingerprint density at radius 1 is 1.17 bits per heavy atom. The summed E-state index contributed by atoms with van der Waals surface area (Å²) in [5.74, 6) is 0.246. The zero-order chi connectivity index (χ0) is 20.8. The minimum Gasteiger partial charge on any atom is -0.393 e. The number of nitrogens with zero attached hydrogens (tertiary/aromatic N) is 4. The maximum absolute atomic E-state index is 13.3. The van der Waals surface area contributed by atoms with E-state index in [-0.39, 0.29) is 24.0 Å². The minimum absolute atomic E-state index is 0.113. The molecule has 4 rings (SSSR count). The second-order valence-electron chi connectivity index (χ2n) is 8.39. The molecule has 0 bridgehead atoms. The fourth-order valence-electron chi connectivity index (χ4n) is 4.94. The number of aromatic nitrogens is 2. The van der Waals surface area contributed by atoms with Crippen LogP contribution in [0.5, 0.6) is 0 Å². The van der Waals surface area contributed by atoms with E-state index < -0.39 is 22.3 Å². The summed E-state index contributed by atoms with van der Waals surface area (Å²) in [6, 6.07) is 0.164. The number of hydrogen-bond acceptors (Lipinski definition) is 5. The molecule has 3 heterocycles. The third-order valence-corrected chi connectivity index (χ3v) is 6.84. The summed E-state index contributed by atoms with van der Waals surface area (Å²) in [6.45, 7) is 1.65. The van der Waals surface area contributed by atoms with Crippen molar-refractivity contribution in [3.8, 4) is 0 Å². The summed E-state index contributed by atoms with van der Waals surface area (Å²) in [6.07, 6.45) is 1.09. The molecule has 0 aromatic carbocycles. The molecule has 3 aliphatic rings. The van der Waals surface area contributed by atoms with Crippen molar-refractivity contribution < 1.29 is 23.1 Å². The van der Waals surface area contributed by atoms with E-state index in [4.69, 9.17) is 11.6 Å². The van der Waals surface area contributed by atoms with Crippen molar-refractivity contribution in [3.05, 3.63) is 16.9 Å². The Labute approximate surface area is 172 Å². The van der Waals surface area contributed by atoms with Crippen LogP contribution >= 0.6 is 11.6 Å². The Balaban J connectivity index is 1.50. The molecule has 1 unspecified atom stereocenters. The number of carbonyl (C=O) groups is 1. The molecule has 1 atom stereocenters. The van der Waals surface area contributed by atoms with Gasteiger partial charge in [0, 0.05) is 31.9 Å². The molecule has 2 saturated heterocycles. The first-order valence-corrected chi connectivity index (χ1v) is 10.4. The van der Waals surface area contributed by atoms with Gasteiger partial charge >= 0.3 is 6.18 Å². The first-order valence-electron chi connectivity index (χ1n) is 10.0. The van der Waals surface area contributed by atoms with Gasteiger partial charge in [-0.3, -0.25) is 4.79 Å². The van der Waals surface area contributed by atoms with Crippen molar-refractivity contribution in [3.63, 3.8) is 0 Å². The smallest absolute Gasteiger partial charge is 0.393 e. The standard InChI is InChI=1S/C19H24ClF3N4O2/c20-15-14(19(21,22)23)10-24-17(25-15)26-8-1-6-18(11-26)7-9-27(16(18)29)12-2-4-13(28)5-3-12/h10,12-13,28H,1-9,11H2/t12-,13-,18?. The number of piperidine rings is 1. The zero-order valence-electron chi connectivity index (χ0n) is 16.0. The molecule has 1 aromatic heterocycles. The van der Waals surface area contributed by atoms with Gasteiger partial charge in [0.1, 0.15) is 10.7 Å². The van der Waals surface area contributed by atoms with Crippen LogP contribution in [0.2, 0.25) is 5.15 Å². The van der Waals surface area contributed by atoms with Crippen molar-refractivity contribution in [1.82, 2.24) is 14.9 Å². The van der Waals surface area contributed by atoms with Gasteiger partial charge in [-0.1, -0.05) is 11.6 Å². The number of amides is 1.